The lowest BCUT2D eigenvalue weighted by atomic mass is 10.0. The molecular formula is C18H26N5O2+. The predicted molar refractivity (Wildman–Crippen MR) is 95.8 cm³/mol. The van der Waals surface area contributed by atoms with Crippen molar-refractivity contribution in [2.24, 2.45) is 11.8 Å². The largest absolute Gasteiger partial charge is 0.384 e. The molecule has 3 unspecified atom stereocenters. The minimum atomic E-state index is -0.898. The molecule has 25 heavy (non-hydrogen) atoms. The van der Waals surface area contributed by atoms with Gasteiger partial charge in [0.15, 0.2) is 0 Å². The number of fused-ring (bicyclic) bond motifs is 2. The molecule has 3 heterocycles. The van der Waals surface area contributed by atoms with Crippen LogP contribution < -0.4 is 4.48 Å². The smallest absolute Gasteiger partial charge is 0.251 e. The van der Waals surface area contributed by atoms with Gasteiger partial charge < -0.3 is 15.0 Å². The molecular weight excluding hydrogens is 318 g/mol. The van der Waals surface area contributed by atoms with E-state index in [9.17, 15) is 9.90 Å². The van der Waals surface area contributed by atoms with E-state index in [0.29, 0.717) is 17.9 Å². The number of carbonyl (C=O) groups is 1. The Hall–Kier alpha value is -1.99. The number of nitrogens with zero attached hydrogens (tertiary/aromatic N) is 4. The van der Waals surface area contributed by atoms with Crippen LogP contribution in [0.25, 0.3) is 11.0 Å². The van der Waals surface area contributed by atoms with Crippen molar-refractivity contribution >= 4 is 22.8 Å². The Morgan fingerprint density at radius 2 is 2.00 bits per heavy atom. The molecule has 1 aliphatic carbocycles. The third-order valence-corrected chi connectivity index (χ3v) is 6.19. The summed E-state index contributed by atoms with van der Waals surface area (Å²) < 4.78 is 0.730. The first-order valence-corrected chi connectivity index (χ1v) is 8.97. The number of aliphatic hydroxyl groups is 1. The fourth-order valence-corrected chi connectivity index (χ4v) is 4.73. The number of likely N-dealkylation sites (tertiary alicyclic amines) is 1. The van der Waals surface area contributed by atoms with E-state index < -0.39 is 6.10 Å². The van der Waals surface area contributed by atoms with Crippen molar-refractivity contribution in [1.29, 1.82) is 0 Å². The molecule has 1 aliphatic heterocycles. The zero-order valence-corrected chi connectivity index (χ0v) is 15.0. The highest BCUT2D eigenvalue weighted by molar-refractivity contribution is 5.86. The molecule has 134 valence electrons. The zero-order valence-electron chi connectivity index (χ0n) is 15.0. The van der Waals surface area contributed by atoms with Crippen molar-refractivity contribution < 1.29 is 9.90 Å². The van der Waals surface area contributed by atoms with Crippen molar-refractivity contribution in [2.45, 2.75) is 31.9 Å². The molecule has 2 aromatic heterocycles. The van der Waals surface area contributed by atoms with E-state index in [1.54, 1.807) is 13.3 Å². The van der Waals surface area contributed by atoms with Crippen LogP contribution in [-0.4, -0.2) is 70.2 Å². The van der Waals surface area contributed by atoms with Gasteiger partial charge in [0.1, 0.15) is 23.5 Å². The van der Waals surface area contributed by atoms with Crippen molar-refractivity contribution in [2.75, 3.05) is 27.2 Å². The zero-order chi connectivity index (χ0) is 17.8. The topological polar surface area (TPSA) is 82.1 Å². The summed E-state index contributed by atoms with van der Waals surface area (Å²) in [6.07, 6.45) is 4.80. The maximum Gasteiger partial charge on any atom is 0.251 e. The number of aromatic nitrogens is 3. The van der Waals surface area contributed by atoms with E-state index >= 15 is 0 Å². The molecule has 2 aromatic rings. The second-order valence-corrected chi connectivity index (χ2v) is 8.04. The third-order valence-electron chi connectivity index (χ3n) is 6.19. The Balaban J connectivity index is 1.53. The van der Waals surface area contributed by atoms with Crippen LogP contribution in [0.5, 0.6) is 0 Å². The van der Waals surface area contributed by atoms with Gasteiger partial charge >= 0.3 is 0 Å². The summed E-state index contributed by atoms with van der Waals surface area (Å²) in [7, 11) is 4.44. The summed E-state index contributed by atoms with van der Waals surface area (Å²) in [6, 6.07) is 2.52. The van der Waals surface area contributed by atoms with Gasteiger partial charge in [-0.05, 0) is 24.8 Å². The number of hydrogen-bond donors (Lipinski definition) is 2. The van der Waals surface area contributed by atoms with Crippen LogP contribution in [0.3, 0.4) is 0 Å². The van der Waals surface area contributed by atoms with Crippen molar-refractivity contribution in [3.8, 4) is 0 Å². The van der Waals surface area contributed by atoms with E-state index in [2.05, 4.69) is 29.0 Å². The lowest BCUT2D eigenvalue weighted by Gasteiger charge is -2.35. The minimum absolute atomic E-state index is 0.135. The maximum absolute atomic E-state index is 12.0. The summed E-state index contributed by atoms with van der Waals surface area (Å²) in [5.74, 6) is 1.96. The molecule has 4 rings (SSSR count). The predicted octanol–water partition coefficient (Wildman–Crippen LogP) is 1.14. The number of carbonyl (C=O) groups excluding carboxylic acids is 1. The Bertz CT molecular complexity index is 786. The lowest BCUT2D eigenvalue weighted by molar-refractivity contribution is -0.138. The van der Waals surface area contributed by atoms with Crippen LogP contribution in [-0.2, 0) is 4.79 Å². The van der Waals surface area contributed by atoms with Gasteiger partial charge in [-0.3, -0.25) is 9.28 Å². The van der Waals surface area contributed by atoms with Gasteiger partial charge in [-0.2, -0.15) is 4.98 Å². The van der Waals surface area contributed by atoms with Crippen molar-refractivity contribution in [3.63, 3.8) is 0 Å². The highest BCUT2D eigenvalue weighted by Gasteiger charge is 2.49. The molecule has 1 amide bonds. The quantitative estimate of drug-likeness (QED) is 0.818. The summed E-state index contributed by atoms with van der Waals surface area (Å²) >= 11 is 0. The van der Waals surface area contributed by atoms with Gasteiger partial charge in [-0.1, -0.05) is 0 Å². The van der Waals surface area contributed by atoms with Gasteiger partial charge in [0.25, 0.3) is 5.91 Å². The number of rotatable bonds is 3. The van der Waals surface area contributed by atoms with Crippen molar-refractivity contribution in [1.82, 2.24) is 24.3 Å². The van der Waals surface area contributed by atoms with Crippen LogP contribution >= 0.6 is 0 Å². The second kappa shape index (κ2) is 5.78. The first-order valence-electron chi connectivity index (χ1n) is 8.97. The number of hydrogen-bond acceptors (Lipinski definition) is 4. The molecule has 0 bridgehead atoms. The molecule has 7 heteroatoms. The normalized spacial score (nSPS) is 27.7. The average molecular weight is 344 g/mol. The lowest BCUT2D eigenvalue weighted by Crippen LogP contribution is -2.50. The summed E-state index contributed by atoms with van der Waals surface area (Å²) in [6.45, 7) is 3.10. The van der Waals surface area contributed by atoms with Gasteiger partial charge in [0.2, 0.25) is 5.82 Å². The number of aromatic amines is 1. The number of aliphatic hydroxyl groups excluding tert-OH is 1. The van der Waals surface area contributed by atoms with Crippen LogP contribution in [0.15, 0.2) is 18.6 Å². The molecule has 3 atom stereocenters. The van der Waals surface area contributed by atoms with Crippen LogP contribution in [0.2, 0.25) is 0 Å². The SMILES string of the molecule is CC(O)C(=O)N1CC2CC([N+](C)(C)c3ncnc4[nH]ccc34)CC2C1. The Morgan fingerprint density at radius 1 is 1.32 bits per heavy atom. The standard InChI is InChI=1S/C18H26N5O2/c1-11(24)18(25)22-8-12-6-14(7-13(12)9-22)23(2,3)17-15-4-5-19-16(15)20-10-21-17/h4-5,10-14,24H,6-9H2,1-3H3,(H,19,20,21)/q+1. The number of nitrogens with one attached hydrogen (secondary N) is 1. The first-order chi connectivity index (χ1) is 11.9. The summed E-state index contributed by atoms with van der Waals surface area (Å²) in [5, 5.41) is 10.6. The van der Waals surface area contributed by atoms with Gasteiger partial charge in [-0.15, -0.1) is 0 Å². The molecule has 0 aromatic carbocycles. The van der Waals surface area contributed by atoms with Crippen LogP contribution in [0.1, 0.15) is 19.8 Å². The fourth-order valence-electron chi connectivity index (χ4n) is 4.73. The van der Waals surface area contributed by atoms with Gasteiger partial charge in [0, 0.05) is 32.1 Å². The van der Waals surface area contributed by atoms with E-state index in [1.807, 2.05) is 17.2 Å². The Labute approximate surface area is 147 Å². The molecule has 2 aliphatic rings. The highest BCUT2D eigenvalue weighted by atomic mass is 16.3. The highest BCUT2D eigenvalue weighted by Crippen LogP contribution is 2.43. The van der Waals surface area contributed by atoms with Crippen LogP contribution in [0, 0.1) is 11.8 Å². The number of amides is 1. The number of H-pyrrole nitrogens is 1. The molecule has 2 N–H and O–H groups in total. The second-order valence-electron chi connectivity index (χ2n) is 8.04. The molecule has 0 spiro atoms. The summed E-state index contributed by atoms with van der Waals surface area (Å²) in [4.78, 5) is 25.9. The Morgan fingerprint density at radius 3 is 2.64 bits per heavy atom. The summed E-state index contributed by atoms with van der Waals surface area (Å²) in [5.41, 5.74) is 0.878. The average Bonchev–Trinajstić information content (AvgIpc) is 3.26. The van der Waals surface area contributed by atoms with E-state index in [-0.39, 0.29) is 5.91 Å². The van der Waals surface area contributed by atoms with Gasteiger partial charge in [-0.25, -0.2) is 4.98 Å². The third kappa shape index (κ3) is 2.62. The van der Waals surface area contributed by atoms with Crippen LogP contribution in [0.4, 0.5) is 5.82 Å². The van der Waals surface area contributed by atoms with Crippen molar-refractivity contribution in [3.05, 3.63) is 18.6 Å². The maximum atomic E-state index is 12.0. The molecule has 1 saturated carbocycles. The van der Waals surface area contributed by atoms with E-state index in [1.165, 1.54) is 0 Å². The fraction of sp³-hybridized carbons (Fsp3) is 0.611. The van der Waals surface area contributed by atoms with E-state index in [4.69, 9.17) is 0 Å². The van der Waals surface area contributed by atoms with E-state index in [0.717, 1.165) is 47.3 Å². The number of quaternary nitrogens is 1. The minimum Gasteiger partial charge on any atom is -0.384 e. The molecule has 0 radical (unpaired) electrons. The van der Waals surface area contributed by atoms with Gasteiger partial charge in [0.05, 0.1) is 20.1 Å². The molecule has 2 fully saturated rings. The molecule has 1 saturated heterocycles. The molecule has 7 nitrogen and oxygen atoms in total. The Kier molecular flexibility index (Phi) is 3.81. The monoisotopic (exact) mass is 344 g/mol. The first kappa shape index (κ1) is 16.5.